The Morgan fingerprint density at radius 2 is 0.718 bits per heavy atom. The van der Waals surface area contributed by atoms with Gasteiger partial charge in [-0.25, -0.2) is 0 Å². The van der Waals surface area contributed by atoms with Crippen LogP contribution in [0.15, 0.2) is 36.5 Å². The van der Waals surface area contributed by atoms with E-state index >= 15 is 0 Å². The Balaban J connectivity index is 3.38. The monoisotopic (exact) mass is 998 g/mol. The number of esters is 1. The minimum absolute atomic E-state index is 0.00192. The topological polar surface area (TPSA) is 95.9 Å². The number of carbonyl (C=O) groups is 2. The van der Waals surface area contributed by atoms with Crippen molar-refractivity contribution in [3.63, 3.8) is 0 Å². The molecule has 0 aliphatic carbocycles. The summed E-state index contributed by atoms with van der Waals surface area (Å²) in [6, 6.07) is -0.540. The normalized spacial score (nSPS) is 12.8. The SMILES string of the molecule is CCCC/C=C\CCCCCCCC(=O)OCCCCCCCCCCC/C=C\C/C=C\CCCCCCCCCCCCCCCCCC(=O)NC(CO)C(O)CCCCCCCCCCCCCC. The Kier molecular flexibility index (Phi) is 59.0. The standard InChI is InChI=1S/C65H123NO5/c1-3-5-7-9-11-13-15-38-41-45-49-53-57-63(68)62(61-67)66-64(69)58-54-50-46-42-39-35-33-31-29-27-25-23-21-19-17-16-18-20-22-24-26-28-30-32-34-36-40-44-48-52-56-60-71-65(70)59-55-51-47-43-37-14-12-10-8-6-4-2/h10,12,18,20,24,26,62-63,67-68H,3-9,11,13-17,19,21-23,25,27-61H2,1-2H3,(H,66,69)/b12-10-,20-18-,26-24-. The molecule has 2 unspecified atom stereocenters. The summed E-state index contributed by atoms with van der Waals surface area (Å²) in [6.45, 7) is 4.92. The molecule has 0 saturated carbocycles. The zero-order chi connectivity index (χ0) is 51.4. The lowest BCUT2D eigenvalue weighted by Crippen LogP contribution is -2.45. The predicted octanol–water partition coefficient (Wildman–Crippen LogP) is 20.0. The van der Waals surface area contributed by atoms with Gasteiger partial charge in [0.1, 0.15) is 0 Å². The molecule has 0 saturated heterocycles. The summed E-state index contributed by atoms with van der Waals surface area (Å²) in [4.78, 5) is 24.4. The first kappa shape index (κ1) is 69.1. The van der Waals surface area contributed by atoms with Crippen molar-refractivity contribution >= 4 is 11.9 Å². The highest BCUT2D eigenvalue weighted by Gasteiger charge is 2.20. The largest absolute Gasteiger partial charge is 0.466 e. The van der Waals surface area contributed by atoms with Gasteiger partial charge in [-0.2, -0.15) is 0 Å². The zero-order valence-electron chi connectivity index (χ0n) is 47.7. The van der Waals surface area contributed by atoms with Gasteiger partial charge in [0.05, 0.1) is 25.4 Å². The lowest BCUT2D eigenvalue weighted by atomic mass is 10.0. The Labute approximate surface area is 443 Å². The van der Waals surface area contributed by atoms with Crippen LogP contribution in [0.2, 0.25) is 0 Å². The molecule has 0 bridgehead atoms. The van der Waals surface area contributed by atoms with E-state index in [1.807, 2.05) is 0 Å². The molecule has 0 aliphatic heterocycles. The van der Waals surface area contributed by atoms with Gasteiger partial charge < -0.3 is 20.3 Å². The summed E-state index contributed by atoms with van der Waals surface area (Å²) in [7, 11) is 0. The second-order valence-corrected chi connectivity index (χ2v) is 21.7. The Bertz CT molecular complexity index is 1150. The molecule has 0 aromatic heterocycles. The first-order valence-corrected chi connectivity index (χ1v) is 31.7. The number of aliphatic hydroxyl groups is 2. The van der Waals surface area contributed by atoms with Gasteiger partial charge in [0.2, 0.25) is 5.91 Å². The highest BCUT2D eigenvalue weighted by Crippen LogP contribution is 2.17. The molecule has 1 amide bonds. The Hall–Kier alpha value is -1.92. The first-order valence-electron chi connectivity index (χ1n) is 31.7. The maximum Gasteiger partial charge on any atom is 0.305 e. The number of aliphatic hydroxyl groups excluding tert-OH is 2. The fraction of sp³-hybridized carbons (Fsp3) is 0.877. The van der Waals surface area contributed by atoms with E-state index in [9.17, 15) is 19.8 Å². The fourth-order valence-corrected chi connectivity index (χ4v) is 9.77. The van der Waals surface area contributed by atoms with Crippen molar-refractivity contribution in [1.29, 1.82) is 0 Å². The molecule has 0 aromatic carbocycles. The van der Waals surface area contributed by atoms with Crippen molar-refractivity contribution in [2.75, 3.05) is 13.2 Å². The average Bonchev–Trinajstić information content (AvgIpc) is 3.37. The van der Waals surface area contributed by atoms with Crippen LogP contribution in [0.5, 0.6) is 0 Å². The summed E-state index contributed by atoms with van der Waals surface area (Å²) < 4.78 is 5.46. The highest BCUT2D eigenvalue weighted by atomic mass is 16.5. The van der Waals surface area contributed by atoms with Crippen LogP contribution >= 0.6 is 0 Å². The van der Waals surface area contributed by atoms with Gasteiger partial charge in [0.25, 0.3) is 0 Å². The van der Waals surface area contributed by atoms with Crippen molar-refractivity contribution in [3.05, 3.63) is 36.5 Å². The molecular formula is C65H123NO5. The van der Waals surface area contributed by atoms with E-state index in [-0.39, 0.29) is 18.5 Å². The van der Waals surface area contributed by atoms with Crippen LogP contribution in [0.3, 0.4) is 0 Å². The van der Waals surface area contributed by atoms with E-state index in [0.29, 0.717) is 25.9 Å². The van der Waals surface area contributed by atoms with Crippen LogP contribution in [0.1, 0.15) is 341 Å². The predicted molar refractivity (Wildman–Crippen MR) is 310 cm³/mol. The third kappa shape index (κ3) is 57.2. The fourth-order valence-electron chi connectivity index (χ4n) is 9.77. The van der Waals surface area contributed by atoms with Gasteiger partial charge in [-0.3, -0.25) is 9.59 Å². The van der Waals surface area contributed by atoms with Gasteiger partial charge in [0.15, 0.2) is 0 Å². The van der Waals surface area contributed by atoms with Crippen molar-refractivity contribution in [2.45, 2.75) is 353 Å². The minimum atomic E-state index is -0.663. The number of unbranched alkanes of at least 4 members (excludes halogenated alkanes) is 42. The smallest absolute Gasteiger partial charge is 0.305 e. The molecule has 0 spiro atoms. The second kappa shape index (κ2) is 60.6. The van der Waals surface area contributed by atoms with Crippen molar-refractivity contribution in [1.82, 2.24) is 5.32 Å². The number of allylic oxidation sites excluding steroid dienone is 6. The average molecular weight is 999 g/mol. The number of amides is 1. The third-order valence-corrected chi connectivity index (χ3v) is 14.7. The molecule has 0 radical (unpaired) electrons. The lowest BCUT2D eigenvalue weighted by Gasteiger charge is -2.22. The summed E-state index contributed by atoms with van der Waals surface area (Å²) in [5.74, 6) is -0.0320. The molecule has 0 aromatic rings. The van der Waals surface area contributed by atoms with Gasteiger partial charge >= 0.3 is 5.97 Å². The summed E-state index contributed by atoms with van der Waals surface area (Å²) in [6.07, 6.45) is 76.0. The molecule has 6 heteroatoms. The van der Waals surface area contributed by atoms with E-state index in [0.717, 1.165) is 51.4 Å². The van der Waals surface area contributed by atoms with Crippen molar-refractivity contribution in [2.24, 2.45) is 0 Å². The quantitative estimate of drug-likeness (QED) is 0.0321. The molecular weight excluding hydrogens is 875 g/mol. The van der Waals surface area contributed by atoms with E-state index in [1.165, 1.54) is 257 Å². The van der Waals surface area contributed by atoms with Gasteiger partial charge in [-0.05, 0) is 77.0 Å². The summed E-state index contributed by atoms with van der Waals surface area (Å²) in [5.41, 5.74) is 0. The molecule has 0 fully saturated rings. The lowest BCUT2D eigenvalue weighted by molar-refractivity contribution is -0.143. The number of carbonyl (C=O) groups excluding carboxylic acids is 2. The summed E-state index contributed by atoms with van der Waals surface area (Å²) >= 11 is 0. The molecule has 0 heterocycles. The van der Waals surface area contributed by atoms with E-state index in [1.54, 1.807) is 0 Å². The van der Waals surface area contributed by atoms with Crippen LogP contribution in [0.25, 0.3) is 0 Å². The van der Waals surface area contributed by atoms with Gasteiger partial charge in [0, 0.05) is 12.8 Å². The number of hydrogen-bond donors (Lipinski definition) is 3. The minimum Gasteiger partial charge on any atom is -0.466 e. The molecule has 71 heavy (non-hydrogen) atoms. The van der Waals surface area contributed by atoms with Crippen molar-refractivity contribution in [3.8, 4) is 0 Å². The second-order valence-electron chi connectivity index (χ2n) is 21.7. The molecule has 6 nitrogen and oxygen atoms in total. The number of rotatable bonds is 59. The number of ether oxygens (including phenoxy) is 1. The van der Waals surface area contributed by atoms with Gasteiger partial charge in [-0.15, -0.1) is 0 Å². The van der Waals surface area contributed by atoms with Crippen LogP contribution in [-0.4, -0.2) is 47.4 Å². The highest BCUT2D eigenvalue weighted by molar-refractivity contribution is 5.76. The van der Waals surface area contributed by atoms with E-state index in [2.05, 4.69) is 55.6 Å². The molecule has 0 aliphatic rings. The van der Waals surface area contributed by atoms with Crippen LogP contribution in [0, 0.1) is 0 Å². The van der Waals surface area contributed by atoms with Crippen LogP contribution in [-0.2, 0) is 14.3 Å². The molecule has 2 atom stereocenters. The zero-order valence-corrected chi connectivity index (χ0v) is 47.7. The van der Waals surface area contributed by atoms with Gasteiger partial charge in [-0.1, -0.05) is 288 Å². The molecule has 0 rings (SSSR count). The van der Waals surface area contributed by atoms with Crippen LogP contribution < -0.4 is 5.32 Å². The molecule has 3 N–H and O–H groups in total. The van der Waals surface area contributed by atoms with Crippen molar-refractivity contribution < 1.29 is 24.5 Å². The maximum absolute atomic E-state index is 12.5. The number of hydrogen-bond acceptors (Lipinski definition) is 5. The Morgan fingerprint density at radius 1 is 0.394 bits per heavy atom. The summed E-state index contributed by atoms with van der Waals surface area (Å²) in [5, 5.41) is 23.2. The third-order valence-electron chi connectivity index (χ3n) is 14.7. The maximum atomic E-state index is 12.5. The van der Waals surface area contributed by atoms with Crippen LogP contribution in [0.4, 0.5) is 0 Å². The van der Waals surface area contributed by atoms with E-state index < -0.39 is 12.1 Å². The Morgan fingerprint density at radius 3 is 1.13 bits per heavy atom. The van der Waals surface area contributed by atoms with E-state index in [4.69, 9.17) is 4.74 Å². The first-order chi connectivity index (χ1) is 35.0. The number of nitrogens with one attached hydrogen (secondary N) is 1. The molecule has 418 valence electrons.